The highest BCUT2D eigenvalue weighted by molar-refractivity contribution is 5.98. The van der Waals surface area contributed by atoms with Gasteiger partial charge in [-0.3, -0.25) is 9.59 Å². The Bertz CT molecular complexity index is 1310. The highest BCUT2D eigenvalue weighted by Gasteiger charge is 2.30. The molecule has 0 radical (unpaired) electrons. The van der Waals surface area contributed by atoms with Crippen molar-refractivity contribution in [2.75, 3.05) is 11.1 Å². The van der Waals surface area contributed by atoms with Crippen LogP contribution in [0.1, 0.15) is 31.9 Å². The predicted octanol–water partition coefficient (Wildman–Crippen LogP) is 4.48. The largest absolute Gasteiger partial charge is 0.481 e. The summed E-state index contributed by atoms with van der Waals surface area (Å²) < 4.78 is 7.70. The Morgan fingerprint density at radius 3 is 2.47 bits per heavy atom. The average Bonchev–Trinajstić information content (AvgIpc) is 3.22. The number of nitrogens with two attached hydrogens (primary N) is 1. The minimum absolute atomic E-state index is 0.103. The molecule has 0 aliphatic rings. The Hall–Kier alpha value is -4.33. The zero-order chi connectivity index (χ0) is 24.3. The van der Waals surface area contributed by atoms with Crippen molar-refractivity contribution in [3.63, 3.8) is 0 Å². The molecule has 0 saturated heterocycles. The highest BCUT2D eigenvalue weighted by atomic mass is 16.5. The maximum absolute atomic E-state index is 13.0. The standard InChI is InChI=1S/C26H26N4O4/c1-26(2,34-20-11-8-18(27)9-12-20)25(33)29-19-10-13-21-23(14-19)30(16-28-21)22(15-24(31)32)17-6-4-3-5-7-17/h3-14,16,22H,15,27H2,1-2H3,(H,29,33)(H,31,32). The summed E-state index contributed by atoms with van der Waals surface area (Å²) in [5.74, 6) is -0.719. The third kappa shape index (κ3) is 5.01. The molecule has 174 valence electrons. The van der Waals surface area contributed by atoms with E-state index in [4.69, 9.17) is 10.5 Å². The second-order valence-corrected chi connectivity index (χ2v) is 8.52. The fraction of sp³-hybridized carbons (Fsp3) is 0.192. The predicted molar refractivity (Wildman–Crippen MR) is 131 cm³/mol. The number of carboxylic acid groups (broad SMARTS) is 1. The second-order valence-electron chi connectivity index (χ2n) is 8.52. The van der Waals surface area contributed by atoms with E-state index in [2.05, 4.69) is 10.3 Å². The fourth-order valence-electron chi connectivity index (χ4n) is 3.73. The molecule has 0 aliphatic carbocycles. The molecule has 8 nitrogen and oxygen atoms in total. The van der Waals surface area contributed by atoms with Crippen LogP contribution < -0.4 is 15.8 Å². The first kappa shape index (κ1) is 22.8. The van der Waals surface area contributed by atoms with Gasteiger partial charge in [0.25, 0.3) is 5.91 Å². The molecule has 1 heterocycles. The second kappa shape index (κ2) is 9.27. The van der Waals surface area contributed by atoms with E-state index in [1.54, 1.807) is 62.6 Å². The number of imidazole rings is 1. The van der Waals surface area contributed by atoms with Gasteiger partial charge in [-0.1, -0.05) is 30.3 Å². The molecule has 8 heteroatoms. The molecular weight excluding hydrogens is 432 g/mol. The van der Waals surface area contributed by atoms with Crippen molar-refractivity contribution in [3.8, 4) is 5.75 Å². The number of carbonyl (C=O) groups excluding carboxylic acids is 1. The molecule has 4 aromatic rings. The van der Waals surface area contributed by atoms with Crippen LogP contribution in [0.2, 0.25) is 0 Å². The summed E-state index contributed by atoms with van der Waals surface area (Å²) in [5.41, 5.74) is 7.99. The van der Waals surface area contributed by atoms with Gasteiger partial charge >= 0.3 is 5.97 Å². The van der Waals surface area contributed by atoms with E-state index in [0.717, 1.165) is 5.56 Å². The summed E-state index contributed by atoms with van der Waals surface area (Å²) in [5, 5.41) is 12.4. The first-order valence-corrected chi connectivity index (χ1v) is 10.8. The van der Waals surface area contributed by atoms with E-state index in [-0.39, 0.29) is 12.3 Å². The van der Waals surface area contributed by atoms with E-state index in [9.17, 15) is 14.7 Å². The number of carboxylic acids is 1. The smallest absolute Gasteiger partial charge is 0.305 e. The number of amides is 1. The zero-order valence-corrected chi connectivity index (χ0v) is 18.9. The molecule has 0 aliphatic heterocycles. The molecule has 1 unspecified atom stereocenters. The summed E-state index contributed by atoms with van der Waals surface area (Å²) in [7, 11) is 0. The Morgan fingerprint density at radius 2 is 1.79 bits per heavy atom. The van der Waals surface area contributed by atoms with Gasteiger partial charge in [-0.25, -0.2) is 4.98 Å². The molecule has 0 fully saturated rings. The lowest BCUT2D eigenvalue weighted by atomic mass is 10.0. The van der Waals surface area contributed by atoms with Crippen LogP contribution in [0.25, 0.3) is 11.0 Å². The summed E-state index contributed by atoms with van der Waals surface area (Å²) in [6.07, 6.45) is 1.53. The first-order valence-electron chi connectivity index (χ1n) is 10.8. The lowest BCUT2D eigenvalue weighted by Crippen LogP contribution is -2.42. The molecule has 1 atom stereocenters. The number of nitrogens with zero attached hydrogens (tertiary/aromatic N) is 2. The van der Waals surface area contributed by atoms with Gasteiger partial charge in [-0.15, -0.1) is 0 Å². The molecule has 0 saturated carbocycles. The Balaban J connectivity index is 1.60. The summed E-state index contributed by atoms with van der Waals surface area (Å²) >= 11 is 0. The summed E-state index contributed by atoms with van der Waals surface area (Å²) in [4.78, 5) is 29.0. The summed E-state index contributed by atoms with van der Waals surface area (Å²) in [6.45, 7) is 3.36. The number of aromatic nitrogens is 2. The maximum Gasteiger partial charge on any atom is 0.305 e. The van der Waals surface area contributed by atoms with E-state index in [0.29, 0.717) is 28.2 Å². The normalized spacial score (nSPS) is 12.3. The third-order valence-electron chi connectivity index (χ3n) is 5.52. The number of ether oxygens (including phenoxy) is 1. The molecule has 1 amide bonds. The van der Waals surface area contributed by atoms with Gasteiger partial charge in [0, 0.05) is 11.4 Å². The van der Waals surface area contributed by atoms with Gasteiger partial charge in [0.2, 0.25) is 0 Å². The van der Waals surface area contributed by atoms with Crippen molar-refractivity contribution in [1.29, 1.82) is 0 Å². The van der Waals surface area contributed by atoms with Crippen LogP contribution in [0, 0.1) is 0 Å². The molecule has 0 bridgehead atoms. The lowest BCUT2D eigenvalue weighted by molar-refractivity contribution is -0.137. The molecule has 3 aromatic carbocycles. The number of anilines is 2. The van der Waals surface area contributed by atoms with Crippen molar-refractivity contribution in [3.05, 3.63) is 84.7 Å². The van der Waals surface area contributed by atoms with Gasteiger partial charge in [0.15, 0.2) is 5.60 Å². The zero-order valence-electron chi connectivity index (χ0n) is 18.9. The maximum atomic E-state index is 13.0. The fourth-order valence-corrected chi connectivity index (χ4v) is 3.73. The number of hydrogen-bond donors (Lipinski definition) is 3. The molecule has 0 spiro atoms. The van der Waals surface area contributed by atoms with Gasteiger partial charge in [-0.05, 0) is 61.9 Å². The number of carbonyl (C=O) groups is 2. The van der Waals surface area contributed by atoms with Crippen molar-refractivity contribution in [1.82, 2.24) is 9.55 Å². The molecule has 1 aromatic heterocycles. The van der Waals surface area contributed by atoms with Crippen LogP contribution in [-0.2, 0) is 9.59 Å². The lowest BCUT2D eigenvalue weighted by Gasteiger charge is -2.25. The Kier molecular flexibility index (Phi) is 6.23. The Labute approximate surface area is 197 Å². The molecular formula is C26H26N4O4. The van der Waals surface area contributed by atoms with Gasteiger partial charge in [0.1, 0.15) is 5.75 Å². The third-order valence-corrected chi connectivity index (χ3v) is 5.52. The van der Waals surface area contributed by atoms with Crippen LogP contribution >= 0.6 is 0 Å². The number of aliphatic carboxylic acids is 1. The molecule has 4 rings (SSSR count). The van der Waals surface area contributed by atoms with Gasteiger partial charge < -0.3 is 25.5 Å². The monoisotopic (exact) mass is 458 g/mol. The van der Waals surface area contributed by atoms with Crippen LogP contribution in [-0.4, -0.2) is 32.1 Å². The average molecular weight is 459 g/mol. The van der Waals surface area contributed by atoms with E-state index in [1.165, 1.54) is 0 Å². The van der Waals surface area contributed by atoms with Crippen molar-refractivity contribution < 1.29 is 19.4 Å². The minimum atomic E-state index is -1.15. The first-order chi connectivity index (χ1) is 16.2. The summed E-state index contributed by atoms with van der Waals surface area (Å²) in [6, 6.07) is 21.1. The Morgan fingerprint density at radius 1 is 1.09 bits per heavy atom. The highest BCUT2D eigenvalue weighted by Crippen LogP contribution is 2.29. The topological polar surface area (TPSA) is 119 Å². The van der Waals surface area contributed by atoms with Crippen molar-refractivity contribution in [2.24, 2.45) is 0 Å². The SMILES string of the molecule is CC(C)(Oc1ccc(N)cc1)C(=O)Nc1ccc2ncn(C(CC(=O)O)c3ccccc3)c2c1. The van der Waals surface area contributed by atoms with Crippen LogP contribution in [0.5, 0.6) is 5.75 Å². The minimum Gasteiger partial charge on any atom is -0.481 e. The van der Waals surface area contributed by atoms with Crippen LogP contribution in [0.3, 0.4) is 0 Å². The molecule has 4 N–H and O–H groups in total. The van der Waals surface area contributed by atoms with E-state index in [1.807, 2.05) is 34.9 Å². The number of rotatable bonds is 8. The van der Waals surface area contributed by atoms with Gasteiger partial charge in [-0.2, -0.15) is 0 Å². The number of nitrogen functional groups attached to an aromatic ring is 1. The van der Waals surface area contributed by atoms with Crippen molar-refractivity contribution in [2.45, 2.75) is 31.9 Å². The van der Waals surface area contributed by atoms with E-state index < -0.39 is 17.6 Å². The number of fused-ring (bicyclic) bond motifs is 1. The van der Waals surface area contributed by atoms with E-state index >= 15 is 0 Å². The number of benzene rings is 3. The quantitative estimate of drug-likeness (QED) is 0.335. The van der Waals surface area contributed by atoms with Crippen LogP contribution in [0.4, 0.5) is 11.4 Å². The number of nitrogens with one attached hydrogen (secondary N) is 1. The van der Waals surface area contributed by atoms with Crippen molar-refractivity contribution >= 4 is 34.3 Å². The number of hydrogen-bond acceptors (Lipinski definition) is 5. The van der Waals surface area contributed by atoms with Gasteiger partial charge in [0.05, 0.1) is 29.8 Å². The van der Waals surface area contributed by atoms with Crippen LogP contribution in [0.15, 0.2) is 79.1 Å². The molecule has 34 heavy (non-hydrogen) atoms.